The predicted octanol–water partition coefficient (Wildman–Crippen LogP) is 11.3. The molecular formula is C48H36B2N4S2. The van der Waals surface area contributed by atoms with E-state index in [2.05, 4.69) is 193 Å². The first-order valence-corrected chi connectivity index (χ1v) is 21.3. The van der Waals surface area contributed by atoms with Gasteiger partial charge >= 0.3 is 14.0 Å². The maximum atomic E-state index is 2.67. The van der Waals surface area contributed by atoms with Crippen LogP contribution >= 0.6 is 23.5 Å². The molecule has 7 aromatic rings. The third-order valence-corrected chi connectivity index (χ3v) is 15.7. The molecule has 0 N–H and O–H groups in total. The number of rotatable bonds is 0. The molecule has 6 heterocycles. The molecule has 0 fully saturated rings. The lowest BCUT2D eigenvalue weighted by molar-refractivity contribution is 0.634. The maximum absolute atomic E-state index is 2.67. The molecule has 0 atom stereocenters. The number of nitrogens with zero attached hydrogens (tertiary/aromatic N) is 4. The van der Waals surface area contributed by atoms with Crippen LogP contribution in [0.15, 0.2) is 165 Å². The van der Waals surface area contributed by atoms with E-state index in [-0.39, 0.29) is 24.8 Å². The SMILES string of the molecule is CC1(C)c2ccccc2N2B3c4cc5c(cc4Sc4ccccc4N3c3cccc1c32)B1N(c2ccccc2S5)c2cccc3c2N1c1ccccc1C3(C)C. The van der Waals surface area contributed by atoms with Crippen molar-refractivity contribution in [2.75, 3.05) is 19.2 Å². The van der Waals surface area contributed by atoms with Crippen LogP contribution in [0.4, 0.5) is 45.5 Å². The zero-order valence-electron chi connectivity index (χ0n) is 31.6. The Labute approximate surface area is 337 Å². The van der Waals surface area contributed by atoms with Gasteiger partial charge in [-0.1, -0.05) is 136 Å². The van der Waals surface area contributed by atoms with Crippen molar-refractivity contribution in [3.63, 3.8) is 0 Å². The van der Waals surface area contributed by atoms with Gasteiger partial charge in [0.1, 0.15) is 0 Å². The van der Waals surface area contributed by atoms with Gasteiger partial charge in [-0.15, -0.1) is 0 Å². The number of hydrogen-bond donors (Lipinski definition) is 0. The summed E-state index contributed by atoms with van der Waals surface area (Å²) in [5.74, 6) is 0. The van der Waals surface area contributed by atoms with E-state index in [0.717, 1.165) is 0 Å². The summed E-state index contributed by atoms with van der Waals surface area (Å²) in [6.45, 7) is 9.46. The smallest absolute Gasteiger partial charge is 0.359 e. The summed E-state index contributed by atoms with van der Waals surface area (Å²) in [7, 11) is 0. The molecule has 4 nitrogen and oxygen atoms in total. The largest absolute Gasteiger partial charge is 0.422 e. The summed E-state index contributed by atoms with van der Waals surface area (Å²) in [4.78, 5) is 15.8. The van der Waals surface area contributed by atoms with Gasteiger partial charge in [0.2, 0.25) is 0 Å². The lowest BCUT2D eigenvalue weighted by Gasteiger charge is -2.42. The summed E-state index contributed by atoms with van der Waals surface area (Å²) in [5, 5.41) is 0. The Balaban J connectivity index is 1.11. The molecule has 0 radical (unpaired) electrons. The van der Waals surface area contributed by atoms with Gasteiger partial charge in [0.15, 0.2) is 0 Å². The molecule has 266 valence electrons. The van der Waals surface area contributed by atoms with E-state index in [4.69, 9.17) is 0 Å². The fourth-order valence-corrected chi connectivity index (χ4v) is 13.1. The fourth-order valence-electron chi connectivity index (χ4n) is 10.9. The van der Waals surface area contributed by atoms with Crippen molar-refractivity contribution in [2.45, 2.75) is 58.1 Å². The minimum atomic E-state index is -0.132. The Bertz CT molecular complexity index is 2710. The second-order valence-corrected chi connectivity index (χ2v) is 19.1. The van der Waals surface area contributed by atoms with Crippen molar-refractivity contribution >= 4 is 93.9 Å². The summed E-state index contributed by atoms with van der Waals surface area (Å²) >= 11 is 3.86. The molecule has 0 aromatic heterocycles. The highest BCUT2D eigenvalue weighted by molar-refractivity contribution is 8.00. The van der Waals surface area contributed by atoms with Crippen molar-refractivity contribution in [3.8, 4) is 0 Å². The first-order valence-electron chi connectivity index (χ1n) is 19.7. The van der Waals surface area contributed by atoms with Crippen LogP contribution in [-0.4, -0.2) is 14.0 Å². The average molecular weight is 755 g/mol. The summed E-state index contributed by atoms with van der Waals surface area (Å²) < 4.78 is 0. The van der Waals surface area contributed by atoms with Gasteiger partial charge in [-0.2, -0.15) is 0 Å². The zero-order valence-corrected chi connectivity index (χ0v) is 33.2. The highest BCUT2D eigenvalue weighted by Gasteiger charge is 2.55. The van der Waals surface area contributed by atoms with Gasteiger partial charge in [-0.25, -0.2) is 0 Å². The molecule has 0 spiro atoms. The second kappa shape index (κ2) is 10.7. The summed E-state index contributed by atoms with van der Waals surface area (Å²) in [6.07, 6.45) is 0. The van der Waals surface area contributed by atoms with Crippen LogP contribution in [0.3, 0.4) is 0 Å². The van der Waals surface area contributed by atoms with Gasteiger partial charge in [-0.3, -0.25) is 0 Å². The topological polar surface area (TPSA) is 13.0 Å². The van der Waals surface area contributed by atoms with Gasteiger partial charge < -0.3 is 19.2 Å². The minimum Gasteiger partial charge on any atom is -0.359 e. The first-order chi connectivity index (χ1) is 27.3. The fraction of sp³-hybridized carbons (Fsp3) is 0.125. The average Bonchev–Trinajstić information content (AvgIpc) is 3.65. The highest BCUT2D eigenvalue weighted by Crippen LogP contribution is 2.61. The molecule has 7 aromatic carbocycles. The third-order valence-electron chi connectivity index (χ3n) is 13.4. The lowest BCUT2D eigenvalue weighted by Crippen LogP contribution is -2.57. The molecule has 0 bridgehead atoms. The Morgan fingerprint density at radius 3 is 1.16 bits per heavy atom. The zero-order chi connectivity index (χ0) is 37.2. The first kappa shape index (κ1) is 31.7. The van der Waals surface area contributed by atoms with Crippen LogP contribution in [-0.2, 0) is 10.8 Å². The molecule has 13 rings (SSSR count). The molecule has 0 unspecified atom stereocenters. The van der Waals surface area contributed by atoms with E-state index in [1.807, 2.05) is 23.5 Å². The van der Waals surface area contributed by atoms with Crippen LogP contribution in [0.5, 0.6) is 0 Å². The van der Waals surface area contributed by atoms with Crippen molar-refractivity contribution in [2.24, 2.45) is 0 Å². The Morgan fingerprint density at radius 1 is 0.357 bits per heavy atom. The van der Waals surface area contributed by atoms with E-state index in [1.54, 1.807) is 0 Å². The van der Waals surface area contributed by atoms with Crippen molar-refractivity contribution in [1.29, 1.82) is 0 Å². The van der Waals surface area contributed by atoms with Crippen LogP contribution in [0.2, 0.25) is 0 Å². The van der Waals surface area contributed by atoms with E-state index in [0.29, 0.717) is 0 Å². The molecule has 8 heteroatoms. The lowest BCUT2D eigenvalue weighted by atomic mass is 9.59. The van der Waals surface area contributed by atoms with Crippen LogP contribution in [0.1, 0.15) is 49.9 Å². The molecule has 0 saturated heterocycles. The predicted molar refractivity (Wildman–Crippen MR) is 237 cm³/mol. The van der Waals surface area contributed by atoms with Gasteiger partial charge in [0.05, 0.1) is 22.7 Å². The number of benzene rings is 7. The van der Waals surface area contributed by atoms with E-state index < -0.39 is 0 Å². The van der Waals surface area contributed by atoms with Crippen molar-refractivity contribution in [3.05, 3.63) is 168 Å². The quantitative estimate of drug-likeness (QED) is 0.142. The van der Waals surface area contributed by atoms with Gasteiger partial charge in [0.25, 0.3) is 0 Å². The standard InChI is InChI=1S/C48H36B2N4S2/c1-47(2)29-15-5-7-19-35(29)53-45-31(47)17-13-23-39(45)51-37-21-9-11-25-41(37)55-43-28-34-44(27-33(43)49(51)53)56-42-26-12-10-22-38(42)52-40-24-14-18-32-46(40)54(50(34)52)36-20-8-6-16-30(36)48(32,3)4/h5-28H,1-4H3. The van der Waals surface area contributed by atoms with Crippen molar-refractivity contribution in [1.82, 2.24) is 0 Å². The van der Waals surface area contributed by atoms with E-state index in [1.165, 1.54) is 98.3 Å². The number of fused-ring (bicyclic) bond motifs is 18. The molecule has 6 aliphatic heterocycles. The Kier molecular flexibility index (Phi) is 6.06. The molecular weight excluding hydrogens is 718 g/mol. The van der Waals surface area contributed by atoms with Gasteiger partial charge in [0, 0.05) is 53.2 Å². The van der Waals surface area contributed by atoms with E-state index in [9.17, 15) is 0 Å². The van der Waals surface area contributed by atoms with E-state index >= 15 is 0 Å². The summed E-state index contributed by atoms with van der Waals surface area (Å²) in [5.41, 5.74) is 18.3. The monoisotopic (exact) mass is 754 g/mol. The highest BCUT2D eigenvalue weighted by atomic mass is 32.2. The number of para-hydroxylation sites is 6. The second-order valence-electron chi connectivity index (χ2n) is 16.9. The van der Waals surface area contributed by atoms with Crippen molar-refractivity contribution < 1.29 is 0 Å². The molecule has 56 heavy (non-hydrogen) atoms. The van der Waals surface area contributed by atoms with Crippen LogP contribution < -0.4 is 30.2 Å². The van der Waals surface area contributed by atoms with Crippen LogP contribution in [0, 0.1) is 0 Å². The Hall–Kier alpha value is -5.43. The molecule has 0 saturated carbocycles. The molecule has 0 aliphatic carbocycles. The third kappa shape index (κ3) is 3.78. The number of anilines is 8. The van der Waals surface area contributed by atoms with Crippen LogP contribution in [0.25, 0.3) is 0 Å². The summed E-state index contributed by atoms with van der Waals surface area (Å²) in [6, 6.07) is 55.4. The molecule has 6 aliphatic rings. The maximum Gasteiger partial charge on any atom is 0.422 e. The minimum absolute atomic E-state index is 0.0565. The Morgan fingerprint density at radius 2 is 0.714 bits per heavy atom. The van der Waals surface area contributed by atoms with Gasteiger partial charge in [-0.05, 0) is 93.8 Å². The normalized spacial score (nSPS) is 17.6. The molecule has 0 amide bonds. The number of hydrogen-bond acceptors (Lipinski definition) is 6.